The number of aromatic nitrogens is 3. The van der Waals surface area contributed by atoms with Crippen molar-refractivity contribution in [2.24, 2.45) is 16.7 Å². The number of aliphatic hydroxyl groups excluding tert-OH is 1. The maximum atomic E-state index is 14.3. The summed E-state index contributed by atoms with van der Waals surface area (Å²) in [5.74, 6) is -1.20. The molecule has 4 aromatic carbocycles. The largest absolute Gasteiger partial charge is 0.455 e. The van der Waals surface area contributed by atoms with E-state index >= 15 is 0 Å². The molecule has 6 N–H and O–H groups in total. The third kappa shape index (κ3) is 19.5. The number of thiazole rings is 1. The van der Waals surface area contributed by atoms with Gasteiger partial charge < -0.3 is 50.4 Å². The van der Waals surface area contributed by atoms with E-state index in [1.54, 1.807) is 41.8 Å². The van der Waals surface area contributed by atoms with Gasteiger partial charge in [0.25, 0.3) is 21.6 Å². The molecule has 105 heavy (non-hydrogen) atoms. The fourth-order valence-electron chi connectivity index (χ4n) is 15.5. The first-order valence-corrected chi connectivity index (χ1v) is 39.8. The summed E-state index contributed by atoms with van der Waals surface area (Å²) < 4.78 is 36.8. The molecule has 7 heterocycles. The molecule has 0 unspecified atom stereocenters. The van der Waals surface area contributed by atoms with E-state index in [-0.39, 0.29) is 72.0 Å². The van der Waals surface area contributed by atoms with E-state index in [9.17, 15) is 42.8 Å². The number of aryl methyl sites for hydroxylation is 1. The van der Waals surface area contributed by atoms with Gasteiger partial charge in [-0.2, -0.15) is 0 Å². The van der Waals surface area contributed by atoms with Gasteiger partial charge in [-0.1, -0.05) is 101 Å². The van der Waals surface area contributed by atoms with Crippen molar-refractivity contribution in [1.82, 2.24) is 49.9 Å². The molecule has 5 aliphatic rings. The van der Waals surface area contributed by atoms with Crippen molar-refractivity contribution >= 4 is 90.3 Å². The number of unbranched alkanes of at least 4 members (excludes halogenated alkanes) is 3. The highest BCUT2D eigenvalue weighted by molar-refractivity contribution is 7.90. The number of piperidine rings is 2. The van der Waals surface area contributed by atoms with Crippen molar-refractivity contribution in [3.63, 3.8) is 0 Å². The predicted octanol–water partition coefficient (Wildman–Crippen LogP) is 12.6. The number of nitrogens with zero attached hydrogens (tertiary/aromatic N) is 8. The summed E-state index contributed by atoms with van der Waals surface area (Å²) in [5, 5.41) is 34.0. The van der Waals surface area contributed by atoms with Gasteiger partial charge in [0.1, 0.15) is 34.9 Å². The van der Waals surface area contributed by atoms with Crippen molar-refractivity contribution in [2.45, 2.75) is 161 Å². The molecule has 1 aliphatic carbocycles. The van der Waals surface area contributed by atoms with Gasteiger partial charge in [-0.3, -0.25) is 34.2 Å². The number of piperazine rings is 1. The van der Waals surface area contributed by atoms with Crippen LogP contribution in [0.2, 0.25) is 5.02 Å². The summed E-state index contributed by atoms with van der Waals surface area (Å²) in [7, 11) is -4.63. The van der Waals surface area contributed by atoms with Crippen LogP contribution >= 0.6 is 22.9 Å². The Balaban J connectivity index is 0.567. The molecule has 3 atom stereocenters. The summed E-state index contributed by atoms with van der Waals surface area (Å²) in [6.07, 6.45) is 13.5. The van der Waals surface area contributed by atoms with Crippen LogP contribution in [0.3, 0.4) is 0 Å². The van der Waals surface area contributed by atoms with E-state index in [2.05, 4.69) is 81.2 Å². The minimum Gasteiger partial charge on any atom is -0.455 e. The Morgan fingerprint density at radius 1 is 0.857 bits per heavy atom. The van der Waals surface area contributed by atoms with Gasteiger partial charge in [-0.25, -0.2) is 23.1 Å². The van der Waals surface area contributed by atoms with Gasteiger partial charge in [-0.05, 0) is 185 Å². The zero-order valence-corrected chi connectivity index (χ0v) is 63.5. The molecule has 7 aromatic rings. The predicted molar refractivity (Wildman–Crippen MR) is 412 cm³/mol. The van der Waals surface area contributed by atoms with E-state index in [1.807, 2.05) is 75.7 Å². The molecule has 23 nitrogen and oxygen atoms in total. The fraction of sp³-hybridized carbons (Fsp3) is 0.494. The monoisotopic (exact) mass is 1490 g/mol. The molecular formula is C79H100ClN13O10S2. The van der Waals surface area contributed by atoms with E-state index in [0.29, 0.717) is 43.5 Å². The fourth-order valence-corrected chi connectivity index (χ4v) is 17.4. The number of H-pyrrole nitrogens is 1. The highest BCUT2D eigenvalue weighted by atomic mass is 35.5. The number of hydrogen-bond acceptors (Lipinski definition) is 18. The second kappa shape index (κ2) is 33.7. The van der Waals surface area contributed by atoms with Crippen molar-refractivity contribution < 1.29 is 42.4 Å². The molecule has 26 heteroatoms. The Bertz CT molecular complexity index is 4380. The number of anilines is 2. The lowest BCUT2D eigenvalue weighted by molar-refractivity contribution is -0.384. The smallest absolute Gasteiger partial charge is 0.293 e. The minimum atomic E-state index is -4.63. The number of nitro groups is 1. The van der Waals surface area contributed by atoms with Crippen LogP contribution in [0.25, 0.3) is 27.0 Å². The maximum absolute atomic E-state index is 14.3. The lowest BCUT2D eigenvalue weighted by Gasteiger charge is -2.42. The Labute approximate surface area is 625 Å². The molecular weight excluding hydrogens is 1390 g/mol. The molecule has 4 amide bonds. The number of likely N-dealkylation sites (tertiary alicyclic amines) is 3. The second-order valence-corrected chi connectivity index (χ2v) is 33.9. The van der Waals surface area contributed by atoms with Crippen LogP contribution in [0.15, 0.2) is 125 Å². The summed E-state index contributed by atoms with van der Waals surface area (Å²) in [6, 6.07) is 27.2. The Morgan fingerprint density at radius 2 is 1.59 bits per heavy atom. The lowest BCUT2D eigenvalue weighted by atomic mass is 9.72. The SMILES string of the molecule is Cc1ncsc1-c1ccc(CNC(=O)[C@@H]2C[C@@H](O)CN2C(=O)[C@@H](NC(=O)CCCCCCN2CCC(N3CCC(CNc4ccc(S(=O)(=O)NC(=O)c5ccc(N6CCN(CC7=C(c8ccc(Cl)cc8)CC(C)(C)CC7)CC6)cc5Oc5cnc6[nH]ccc6c5)cc4[N+](=O)[O-])CC3)CC2)C(C)(C)C)cc1. The normalized spacial score (nSPS) is 19.2. The Kier molecular flexibility index (Phi) is 24.5. The number of aliphatic hydroxyl groups is 1. The minimum absolute atomic E-state index is 0.0129. The number of halogens is 1. The van der Waals surface area contributed by atoms with Gasteiger partial charge in [0.2, 0.25) is 17.7 Å². The van der Waals surface area contributed by atoms with E-state index < -0.39 is 55.0 Å². The molecule has 4 saturated heterocycles. The number of hydrogen-bond donors (Lipinski definition) is 6. The van der Waals surface area contributed by atoms with E-state index in [0.717, 1.165) is 160 Å². The molecule has 0 bridgehead atoms. The first-order valence-electron chi connectivity index (χ1n) is 37.1. The molecule has 0 spiro atoms. The van der Waals surface area contributed by atoms with Crippen molar-refractivity contribution in [3.05, 3.63) is 158 Å². The molecule has 560 valence electrons. The number of pyridine rings is 1. The molecule has 3 aromatic heterocycles. The number of nitrogens with one attached hydrogen (secondary N) is 5. The standard InChI is InChI=1S/C79H100ClN13O10S2/c1-52-72(104-51-85-52)56-14-12-53(13-15-56)47-84-76(97)69-43-62(94)50-92(69)77(98)73(78(2,3)4)86-71(95)11-9-7-8-10-32-88-33-28-60(29-34-88)90-35-26-54(27-36-90)46-82-67-23-21-64(44-68(67)93(99)100)105(101,102)87-75(96)65-22-20-61(42-70(65)103-63-41-57-25-31-81-74(57)83-48-63)91-39-37-89(38-40-91)49-58-24-30-79(5,6)45-66(58)55-16-18-59(80)19-17-55/h12-23,25,31,41-42,44,48,51,54,60,62,69,73,82,94H,7-11,24,26-30,32-40,43,45-47,49-50H2,1-6H3,(H,81,83)(H,84,97)(H,86,95)(H,87,96)/t62-,69+,73-/m1/s1. The zero-order chi connectivity index (χ0) is 74.2. The number of carbonyl (C=O) groups is 4. The lowest BCUT2D eigenvalue weighted by Crippen LogP contribution is -2.57. The number of ether oxygens (including phenoxy) is 1. The number of carbonyl (C=O) groups excluding carboxylic acids is 4. The van der Waals surface area contributed by atoms with Crippen molar-refractivity contribution in [3.8, 4) is 21.9 Å². The quantitative estimate of drug-likeness (QED) is 0.0159. The first-order chi connectivity index (χ1) is 50.3. The van der Waals surface area contributed by atoms with Gasteiger partial charge in [-0.15, -0.1) is 11.3 Å². The molecule has 0 saturated carbocycles. The molecule has 0 radical (unpaired) electrons. The summed E-state index contributed by atoms with van der Waals surface area (Å²) in [5.41, 5.74) is 9.54. The summed E-state index contributed by atoms with van der Waals surface area (Å²) in [6.45, 7) is 21.8. The van der Waals surface area contributed by atoms with Crippen LogP contribution in [0.4, 0.5) is 17.1 Å². The average molecular weight is 1490 g/mol. The summed E-state index contributed by atoms with van der Waals surface area (Å²) >= 11 is 7.87. The van der Waals surface area contributed by atoms with Crippen molar-refractivity contribution in [2.75, 3.05) is 88.8 Å². The Morgan fingerprint density at radius 3 is 2.30 bits per heavy atom. The van der Waals surface area contributed by atoms with Crippen LogP contribution in [0, 0.1) is 33.8 Å². The molecule has 12 rings (SSSR count). The highest BCUT2D eigenvalue weighted by Gasteiger charge is 2.45. The van der Waals surface area contributed by atoms with E-state index in [1.165, 1.54) is 39.9 Å². The van der Waals surface area contributed by atoms with Crippen molar-refractivity contribution in [1.29, 1.82) is 0 Å². The zero-order valence-electron chi connectivity index (χ0n) is 61.1. The average Bonchev–Trinajstić information content (AvgIpc) is 1.33. The van der Waals surface area contributed by atoms with Crippen LogP contribution in [0.5, 0.6) is 11.5 Å². The van der Waals surface area contributed by atoms with Gasteiger partial charge >= 0.3 is 0 Å². The molecule has 4 aliphatic heterocycles. The van der Waals surface area contributed by atoms with Gasteiger partial charge in [0.05, 0.1) is 43.8 Å². The van der Waals surface area contributed by atoms with Crippen LogP contribution < -0.4 is 30.3 Å². The third-order valence-electron chi connectivity index (χ3n) is 21.7. The van der Waals surface area contributed by atoms with Crippen LogP contribution in [0.1, 0.15) is 145 Å². The number of β-amino-alcohol motifs (C(OH)–C–C–N with tert-alkyl or cyclic N) is 1. The van der Waals surface area contributed by atoms with Crippen LogP contribution in [-0.2, 0) is 31.0 Å². The number of aromatic amines is 1. The van der Waals surface area contributed by atoms with Gasteiger partial charge in [0.15, 0.2) is 0 Å². The first kappa shape index (κ1) is 76.4. The van der Waals surface area contributed by atoms with Crippen LogP contribution in [-0.4, -0.2) is 179 Å². The topological polar surface area (TPSA) is 281 Å². The second-order valence-electron chi connectivity index (χ2n) is 31.0. The van der Waals surface area contributed by atoms with Gasteiger partial charge in [0, 0.05) is 106 Å². The van der Waals surface area contributed by atoms with E-state index in [4.69, 9.17) is 16.3 Å². The number of amides is 4. The maximum Gasteiger partial charge on any atom is 0.293 e. The number of allylic oxidation sites excluding steroid dienone is 1. The highest BCUT2D eigenvalue weighted by Crippen LogP contribution is 2.44. The molecule has 4 fully saturated rings. The number of nitro benzene ring substituents is 1. The Hall–Kier alpha value is -8.30. The number of benzene rings is 4. The third-order valence-corrected chi connectivity index (χ3v) is 24.2. The number of rotatable bonds is 27. The number of fused-ring (bicyclic) bond motifs is 1. The summed E-state index contributed by atoms with van der Waals surface area (Å²) in [4.78, 5) is 91.2. The number of sulfonamides is 1.